The van der Waals surface area contributed by atoms with E-state index in [2.05, 4.69) is 11.4 Å². The Labute approximate surface area is 159 Å². The van der Waals surface area contributed by atoms with E-state index >= 15 is 0 Å². The third-order valence-electron chi connectivity index (χ3n) is 4.16. The van der Waals surface area contributed by atoms with Gasteiger partial charge in [0.25, 0.3) is 0 Å². The monoisotopic (exact) mass is 365 g/mol. The first kappa shape index (κ1) is 20.0. The van der Waals surface area contributed by atoms with Crippen molar-refractivity contribution in [2.75, 3.05) is 25.5 Å². The predicted octanol–water partition coefficient (Wildman–Crippen LogP) is 2.99. The van der Waals surface area contributed by atoms with E-state index in [1.54, 1.807) is 30.3 Å². The first-order valence-corrected chi connectivity index (χ1v) is 8.77. The van der Waals surface area contributed by atoms with Crippen molar-refractivity contribution < 1.29 is 14.3 Å². The van der Waals surface area contributed by atoms with Gasteiger partial charge in [0, 0.05) is 13.0 Å². The lowest BCUT2D eigenvalue weighted by Crippen LogP contribution is -2.38. The van der Waals surface area contributed by atoms with Crippen LogP contribution < -0.4 is 10.1 Å². The lowest BCUT2D eigenvalue weighted by molar-refractivity contribution is -0.134. The zero-order valence-electron chi connectivity index (χ0n) is 15.6. The molecule has 6 heteroatoms. The molecule has 6 nitrogen and oxygen atoms in total. The molecule has 1 N–H and O–H groups in total. The van der Waals surface area contributed by atoms with E-state index < -0.39 is 0 Å². The van der Waals surface area contributed by atoms with E-state index in [-0.39, 0.29) is 18.4 Å². The lowest BCUT2D eigenvalue weighted by atomic mass is 10.1. The molecule has 0 fully saturated rings. The van der Waals surface area contributed by atoms with E-state index in [9.17, 15) is 9.59 Å². The third kappa shape index (κ3) is 5.86. The maximum atomic E-state index is 12.5. The molecule has 0 aliphatic heterocycles. The summed E-state index contributed by atoms with van der Waals surface area (Å²) in [5.41, 5.74) is 2.15. The molecule has 0 spiro atoms. The normalized spacial score (nSPS) is 9.96. The summed E-state index contributed by atoms with van der Waals surface area (Å²) in [6.45, 7) is 2.28. The largest absolute Gasteiger partial charge is 0.495 e. The van der Waals surface area contributed by atoms with Crippen LogP contribution in [0.1, 0.15) is 24.5 Å². The zero-order valence-corrected chi connectivity index (χ0v) is 15.6. The Kier molecular flexibility index (Phi) is 7.38. The molecule has 0 radical (unpaired) electrons. The second kappa shape index (κ2) is 9.97. The smallest absolute Gasteiger partial charge is 0.244 e. The molecule has 0 aromatic heterocycles. The second-order valence-electron chi connectivity index (χ2n) is 5.97. The highest BCUT2D eigenvalue weighted by Gasteiger charge is 2.16. The van der Waals surface area contributed by atoms with Gasteiger partial charge in [0.15, 0.2) is 0 Å². The van der Waals surface area contributed by atoms with Gasteiger partial charge in [-0.05, 0) is 43.2 Å². The predicted molar refractivity (Wildman–Crippen MR) is 103 cm³/mol. The number of methoxy groups -OCH3 is 1. The molecule has 0 atom stereocenters. The molecule has 0 aliphatic rings. The molecule has 0 heterocycles. The van der Waals surface area contributed by atoms with Gasteiger partial charge in [0.05, 0.1) is 31.0 Å². The van der Waals surface area contributed by atoms with Crippen LogP contribution in [0.3, 0.4) is 0 Å². The maximum absolute atomic E-state index is 12.5. The first-order valence-electron chi connectivity index (χ1n) is 8.77. The van der Waals surface area contributed by atoms with Crippen LogP contribution in [0, 0.1) is 11.3 Å². The van der Waals surface area contributed by atoms with Gasteiger partial charge in [0.1, 0.15) is 5.75 Å². The number of aryl methyl sites for hydroxylation is 1. The number of ether oxygens (including phenoxy) is 1. The Morgan fingerprint density at radius 2 is 1.85 bits per heavy atom. The summed E-state index contributed by atoms with van der Waals surface area (Å²) < 4.78 is 5.21. The number of benzene rings is 2. The molecule has 140 valence electrons. The number of amides is 2. The van der Waals surface area contributed by atoms with Crippen molar-refractivity contribution in [2.45, 2.75) is 19.8 Å². The SMILES string of the molecule is CCN(CC(=O)Nc1ccccc1OC)C(=O)CCc1ccc(C#N)cc1. The van der Waals surface area contributed by atoms with Crippen LogP contribution in [0.2, 0.25) is 0 Å². The number of likely N-dealkylation sites (N-methyl/N-ethyl adjacent to an activating group) is 1. The molecular formula is C21H23N3O3. The second-order valence-corrected chi connectivity index (χ2v) is 5.97. The van der Waals surface area contributed by atoms with Crippen molar-refractivity contribution in [3.63, 3.8) is 0 Å². The van der Waals surface area contributed by atoms with E-state index in [1.165, 1.54) is 12.0 Å². The summed E-state index contributed by atoms with van der Waals surface area (Å²) in [6, 6.07) is 16.4. The molecule has 0 saturated heterocycles. The van der Waals surface area contributed by atoms with Crippen LogP contribution in [-0.4, -0.2) is 36.9 Å². The van der Waals surface area contributed by atoms with Crippen molar-refractivity contribution >= 4 is 17.5 Å². The number of para-hydroxylation sites is 2. The average Bonchev–Trinajstić information content (AvgIpc) is 2.71. The van der Waals surface area contributed by atoms with Crippen LogP contribution in [0.25, 0.3) is 0 Å². The number of carbonyl (C=O) groups is 2. The fourth-order valence-corrected chi connectivity index (χ4v) is 2.64. The molecule has 2 amide bonds. The molecular weight excluding hydrogens is 342 g/mol. The van der Waals surface area contributed by atoms with Crippen molar-refractivity contribution in [1.82, 2.24) is 4.90 Å². The standard InChI is InChI=1S/C21H23N3O3/c1-3-24(15-20(25)23-18-6-4-5-7-19(18)27-2)21(26)13-12-16-8-10-17(14-22)11-9-16/h4-11H,3,12-13,15H2,1-2H3,(H,23,25). The number of rotatable bonds is 8. The number of anilines is 1. The van der Waals surface area contributed by atoms with Gasteiger partial charge in [-0.15, -0.1) is 0 Å². The Morgan fingerprint density at radius 3 is 2.48 bits per heavy atom. The highest BCUT2D eigenvalue weighted by atomic mass is 16.5. The summed E-state index contributed by atoms with van der Waals surface area (Å²) in [6.07, 6.45) is 0.872. The van der Waals surface area contributed by atoms with Gasteiger partial charge in [-0.3, -0.25) is 9.59 Å². The number of carbonyl (C=O) groups excluding carboxylic acids is 2. The van der Waals surface area contributed by atoms with Crippen molar-refractivity contribution in [1.29, 1.82) is 5.26 Å². The van der Waals surface area contributed by atoms with E-state index in [1.807, 2.05) is 25.1 Å². The third-order valence-corrected chi connectivity index (χ3v) is 4.16. The molecule has 27 heavy (non-hydrogen) atoms. The van der Waals surface area contributed by atoms with E-state index in [0.29, 0.717) is 36.4 Å². The Bertz CT molecular complexity index is 825. The molecule has 0 aliphatic carbocycles. The number of nitrogens with zero attached hydrogens (tertiary/aromatic N) is 2. The Hall–Kier alpha value is -3.33. The average molecular weight is 365 g/mol. The molecule has 2 aromatic carbocycles. The lowest BCUT2D eigenvalue weighted by Gasteiger charge is -2.21. The van der Waals surface area contributed by atoms with Crippen LogP contribution in [0.4, 0.5) is 5.69 Å². The number of nitrogens with one attached hydrogen (secondary N) is 1. The molecule has 0 unspecified atom stereocenters. The summed E-state index contributed by atoms with van der Waals surface area (Å²) in [5.74, 6) is 0.214. The van der Waals surface area contributed by atoms with Gasteiger partial charge < -0.3 is 15.0 Å². The first-order chi connectivity index (χ1) is 13.1. The zero-order chi connectivity index (χ0) is 19.6. The highest BCUT2D eigenvalue weighted by molar-refractivity contribution is 5.95. The molecule has 0 bridgehead atoms. The van der Waals surface area contributed by atoms with E-state index in [0.717, 1.165) is 5.56 Å². The molecule has 0 saturated carbocycles. The Balaban J connectivity index is 1.90. The van der Waals surface area contributed by atoms with Crippen LogP contribution in [0.5, 0.6) is 5.75 Å². The van der Waals surface area contributed by atoms with Gasteiger partial charge in [-0.25, -0.2) is 0 Å². The summed E-state index contributed by atoms with van der Waals surface area (Å²) >= 11 is 0. The minimum absolute atomic E-state index is 0.0131. The van der Waals surface area contributed by atoms with Gasteiger partial charge in [-0.1, -0.05) is 24.3 Å². The number of nitriles is 1. The maximum Gasteiger partial charge on any atom is 0.244 e. The van der Waals surface area contributed by atoms with Crippen molar-refractivity contribution in [3.05, 3.63) is 59.7 Å². The van der Waals surface area contributed by atoms with Gasteiger partial charge in [0.2, 0.25) is 11.8 Å². The van der Waals surface area contributed by atoms with Gasteiger partial charge >= 0.3 is 0 Å². The van der Waals surface area contributed by atoms with Crippen LogP contribution in [-0.2, 0) is 16.0 Å². The number of hydrogen-bond donors (Lipinski definition) is 1. The Morgan fingerprint density at radius 1 is 1.15 bits per heavy atom. The van der Waals surface area contributed by atoms with Gasteiger partial charge in [-0.2, -0.15) is 5.26 Å². The highest BCUT2D eigenvalue weighted by Crippen LogP contribution is 2.22. The van der Waals surface area contributed by atoms with Crippen molar-refractivity contribution in [2.24, 2.45) is 0 Å². The summed E-state index contributed by atoms with van der Waals surface area (Å²) in [4.78, 5) is 26.3. The van der Waals surface area contributed by atoms with Crippen LogP contribution >= 0.6 is 0 Å². The topological polar surface area (TPSA) is 82.4 Å². The number of hydrogen-bond acceptors (Lipinski definition) is 4. The summed E-state index contributed by atoms with van der Waals surface area (Å²) in [7, 11) is 1.54. The molecule has 2 aromatic rings. The minimum atomic E-state index is -0.270. The fourth-order valence-electron chi connectivity index (χ4n) is 2.64. The van der Waals surface area contributed by atoms with Crippen LogP contribution in [0.15, 0.2) is 48.5 Å². The minimum Gasteiger partial charge on any atom is -0.495 e. The van der Waals surface area contributed by atoms with E-state index in [4.69, 9.17) is 10.00 Å². The molecule has 2 rings (SSSR count). The fraction of sp³-hybridized carbons (Fsp3) is 0.286. The van der Waals surface area contributed by atoms with Crippen molar-refractivity contribution in [3.8, 4) is 11.8 Å². The summed E-state index contributed by atoms with van der Waals surface area (Å²) in [5, 5.41) is 11.6. The quantitative estimate of drug-likeness (QED) is 0.780.